The van der Waals surface area contributed by atoms with E-state index in [0.29, 0.717) is 12.0 Å². The lowest BCUT2D eigenvalue weighted by molar-refractivity contribution is -0.132. The number of carboxylic acids is 1. The molecule has 2 N–H and O–H groups in total. The van der Waals surface area contributed by atoms with Crippen LogP contribution < -0.4 is 5.32 Å². The third kappa shape index (κ3) is 13.4. The van der Waals surface area contributed by atoms with Gasteiger partial charge in [-0.05, 0) is 32.4 Å². The number of hydrogen-bond acceptors (Lipinski definition) is 2. The highest BCUT2D eigenvalue weighted by Crippen LogP contribution is 2.08. The van der Waals surface area contributed by atoms with Crippen molar-refractivity contribution in [1.82, 2.24) is 5.32 Å². The van der Waals surface area contributed by atoms with Crippen molar-refractivity contribution in [1.29, 1.82) is 0 Å². The first-order valence-corrected chi connectivity index (χ1v) is 7.80. The molecule has 0 aliphatic rings. The third-order valence-electron chi connectivity index (χ3n) is 3.34. The monoisotopic (exact) mass is 269 g/mol. The van der Waals surface area contributed by atoms with E-state index in [1.807, 2.05) is 0 Å². The van der Waals surface area contributed by atoms with E-state index in [1.54, 1.807) is 0 Å². The first-order valence-electron chi connectivity index (χ1n) is 7.80. The molecule has 0 heterocycles. The summed E-state index contributed by atoms with van der Waals surface area (Å²) in [5, 5.41) is 12.0. The van der Waals surface area contributed by atoms with Gasteiger partial charge in [-0.1, -0.05) is 58.4 Å². The first-order chi connectivity index (χ1) is 9.18. The van der Waals surface area contributed by atoms with Gasteiger partial charge in [0.2, 0.25) is 0 Å². The summed E-state index contributed by atoms with van der Waals surface area (Å²) >= 11 is 0. The summed E-state index contributed by atoms with van der Waals surface area (Å²) in [7, 11) is 0. The fourth-order valence-electron chi connectivity index (χ4n) is 2.04. The second-order valence-electron chi connectivity index (χ2n) is 5.24. The average Bonchev–Trinajstić information content (AvgIpc) is 2.39. The van der Waals surface area contributed by atoms with E-state index in [2.05, 4.69) is 18.8 Å². The van der Waals surface area contributed by atoms with Gasteiger partial charge in [0, 0.05) is 5.57 Å². The molecule has 0 aliphatic carbocycles. The van der Waals surface area contributed by atoms with E-state index in [1.165, 1.54) is 51.4 Å². The lowest BCUT2D eigenvalue weighted by atomic mass is 10.1. The van der Waals surface area contributed by atoms with Crippen LogP contribution in [0.3, 0.4) is 0 Å². The molecule has 0 saturated heterocycles. The summed E-state index contributed by atoms with van der Waals surface area (Å²) in [5.41, 5.74) is 0.314. The predicted octanol–water partition coefficient (Wildman–Crippen LogP) is 4.14. The lowest BCUT2D eigenvalue weighted by Crippen LogP contribution is -2.17. The summed E-state index contributed by atoms with van der Waals surface area (Å²) in [6.07, 6.45) is 12.2. The molecule has 112 valence electrons. The second kappa shape index (κ2) is 13.6. The van der Waals surface area contributed by atoms with Gasteiger partial charge in [0.15, 0.2) is 0 Å². The number of hydrogen-bond donors (Lipinski definition) is 2. The van der Waals surface area contributed by atoms with Crippen LogP contribution in [0.15, 0.2) is 12.2 Å². The molecule has 0 fully saturated rings. The number of carboxylic acid groups (broad SMARTS) is 1. The number of unbranched alkanes of at least 4 members (excludes halogenated alkanes) is 7. The maximum absolute atomic E-state index is 10.5. The number of aliphatic carboxylic acids is 1. The molecule has 0 spiro atoms. The predicted molar refractivity (Wildman–Crippen MR) is 81.5 cm³/mol. The summed E-state index contributed by atoms with van der Waals surface area (Å²) in [4.78, 5) is 10.5. The Labute approximate surface area is 118 Å². The van der Waals surface area contributed by atoms with Gasteiger partial charge in [-0.25, -0.2) is 4.79 Å². The van der Waals surface area contributed by atoms with Crippen LogP contribution in [0, 0.1) is 0 Å². The first kappa shape index (κ1) is 18.2. The van der Waals surface area contributed by atoms with Crippen LogP contribution in [-0.2, 0) is 4.79 Å². The van der Waals surface area contributed by atoms with Crippen molar-refractivity contribution in [2.75, 3.05) is 13.1 Å². The fraction of sp³-hybridized carbons (Fsp3) is 0.812. The van der Waals surface area contributed by atoms with E-state index < -0.39 is 5.97 Å². The minimum absolute atomic E-state index is 0.314. The molecule has 0 saturated carbocycles. The number of rotatable bonds is 14. The number of nitrogens with one attached hydrogen (secondary N) is 1. The topological polar surface area (TPSA) is 49.3 Å². The summed E-state index contributed by atoms with van der Waals surface area (Å²) in [5.74, 6) is -0.872. The van der Waals surface area contributed by atoms with Crippen LogP contribution in [0.4, 0.5) is 0 Å². The fourth-order valence-corrected chi connectivity index (χ4v) is 2.04. The number of carbonyl (C=O) groups is 1. The van der Waals surface area contributed by atoms with Crippen molar-refractivity contribution >= 4 is 5.97 Å². The van der Waals surface area contributed by atoms with Crippen molar-refractivity contribution in [3.8, 4) is 0 Å². The lowest BCUT2D eigenvalue weighted by Gasteiger charge is -2.05. The van der Waals surface area contributed by atoms with E-state index in [0.717, 1.165) is 19.5 Å². The van der Waals surface area contributed by atoms with Crippen molar-refractivity contribution in [3.05, 3.63) is 12.2 Å². The van der Waals surface area contributed by atoms with Crippen LogP contribution in [0.5, 0.6) is 0 Å². The minimum atomic E-state index is -0.872. The van der Waals surface area contributed by atoms with E-state index in [4.69, 9.17) is 5.11 Å². The minimum Gasteiger partial charge on any atom is -0.478 e. The zero-order valence-electron chi connectivity index (χ0n) is 12.5. The Bertz CT molecular complexity index is 239. The van der Waals surface area contributed by atoms with Gasteiger partial charge in [0.1, 0.15) is 0 Å². The maximum Gasteiger partial charge on any atom is 0.330 e. The Morgan fingerprint density at radius 3 is 2.05 bits per heavy atom. The smallest absolute Gasteiger partial charge is 0.330 e. The molecule has 0 bridgehead atoms. The molecule has 0 aliphatic heterocycles. The molecule has 0 aromatic heterocycles. The van der Waals surface area contributed by atoms with Gasteiger partial charge in [-0.15, -0.1) is 0 Å². The quantitative estimate of drug-likeness (QED) is 0.368. The molecule has 3 heteroatoms. The third-order valence-corrected chi connectivity index (χ3v) is 3.34. The van der Waals surface area contributed by atoms with Gasteiger partial charge in [-0.3, -0.25) is 0 Å². The van der Waals surface area contributed by atoms with Crippen molar-refractivity contribution in [3.63, 3.8) is 0 Å². The molecule has 0 rings (SSSR count). The molecule has 0 aromatic rings. The maximum atomic E-state index is 10.5. The molecule has 0 radical (unpaired) electrons. The molecular formula is C16H31NO2. The Morgan fingerprint density at radius 1 is 0.947 bits per heavy atom. The molecule has 0 unspecified atom stereocenters. The van der Waals surface area contributed by atoms with Gasteiger partial charge in [-0.2, -0.15) is 0 Å². The van der Waals surface area contributed by atoms with Crippen LogP contribution in [0.1, 0.15) is 71.1 Å². The highest BCUT2D eigenvalue weighted by molar-refractivity contribution is 5.85. The zero-order valence-corrected chi connectivity index (χ0v) is 12.5. The van der Waals surface area contributed by atoms with Gasteiger partial charge >= 0.3 is 5.97 Å². The highest BCUT2D eigenvalue weighted by atomic mass is 16.4. The van der Waals surface area contributed by atoms with Crippen LogP contribution >= 0.6 is 0 Å². The van der Waals surface area contributed by atoms with Gasteiger partial charge in [0.05, 0.1) is 0 Å². The summed E-state index contributed by atoms with van der Waals surface area (Å²) in [6, 6.07) is 0. The van der Waals surface area contributed by atoms with Crippen LogP contribution in [0.2, 0.25) is 0 Å². The van der Waals surface area contributed by atoms with Crippen molar-refractivity contribution in [2.45, 2.75) is 71.1 Å². The van der Waals surface area contributed by atoms with E-state index in [9.17, 15) is 4.79 Å². The summed E-state index contributed by atoms with van der Waals surface area (Å²) in [6.45, 7) is 7.71. The SMILES string of the molecule is C=C(CCCNCCCCCCCCCC)C(=O)O. The van der Waals surface area contributed by atoms with Crippen molar-refractivity contribution < 1.29 is 9.90 Å². The zero-order chi connectivity index (χ0) is 14.3. The van der Waals surface area contributed by atoms with E-state index >= 15 is 0 Å². The average molecular weight is 269 g/mol. The Hall–Kier alpha value is -0.830. The van der Waals surface area contributed by atoms with Gasteiger partial charge in [0.25, 0.3) is 0 Å². The van der Waals surface area contributed by atoms with Crippen molar-refractivity contribution in [2.24, 2.45) is 0 Å². The summed E-state index contributed by atoms with van der Waals surface area (Å²) < 4.78 is 0. The molecule has 0 aromatic carbocycles. The standard InChI is InChI=1S/C16H31NO2/c1-3-4-5-6-7-8-9-10-13-17-14-11-12-15(2)16(18)19/h17H,2-14H2,1H3,(H,18,19). The molecule has 3 nitrogen and oxygen atoms in total. The second-order valence-corrected chi connectivity index (χ2v) is 5.24. The largest absolute Gasteiger partial charge is 0.478 e. The highest BCUT2D eigenvalue weighted by Gasteiger charge is 2.02. The Kier molecular flexibility index (Phi) is 13.0. The van der Waals surface area contributed by atoms with Gasteiger partial charge < -0.3 is 10.4 Å². The molecular weight excluding hydrogens is 238 g/mol. The molecule has 0 atom stereocenters. The van der Waals surface area contributed by atoms with Crippen LogP contribution in [-0.4, -0.2) is 24.2 Å². The normalized spacial score (nSPS) is 10.6. The van der Waals surface area contributed by atoms with Crippen LogP contribution in [0.25, 0.3) is 0 Å². The molecule has 0 amide bonds. The molecule has 19 heavy (non-hydrogen) atoms. The Balaban J connectivity index is 3.07. The Morgan fingerprint density at radius 2 is 1.47 bits per heavy atom. The van der Waals surface area contributed by atoms with E-state index in [-0.39, 0.29) is 0 Å².